The Bertz CT molecular complexity index is 466. The summed E-state index contributed by atoms with van der Waals surface area (Å²) < 4.78 is 28.7. The molecule has 2 aliphatic heterocycles. The molecule has 2 unspecified atom stereocenters. The van der Waals surface area contributed by atoms with Crippen LogP contribution in [-0.2, 0) is 14.6 Å². The number of hydrogen-bond donors (Lipinski definition) is 2. The van der Waals surface area contributed by atoms with Crippen LogP contribution in [0.3, 0.4) is 0 Å². The van der Waals surface area contributed by atoms with E-state index in [-0.39, 0.29) is 23.7 Å². The Morgan fingerprint density at radius 3 is 2.90 bits per heavy atom. The predicted octanol–water partition coefficient (Wildman–Crippen LogP) is -0.941. The van der Waals surface area contributed by atoms with Gasteiger partial charge in [-0.05, 0) is 20.4 Å². The van der Waals surface area contributed by atoms with Gasteiger partial charge in [0.05, 0.1) is 30.8 Å². The van der Waals surface area contributed by atoms with Crippen molar-refractivity contribution < 1.29 is 13.2 Å². The average Bonchev–Trinajstić information content (AvgIpc) is 2.76. The van der Waals surface area contributed by atoms with Gasteiger partial charge in [-0.1, -0.05) is 0 Å². The van der Waals surface area contributed by atoms with E-state index in [4.69, 9.17) is 4.74 Å². The summed E-state index contributed by atoms with van der Waals surface area (Å²) >= 11 is 0. The molecule has 2 atom stereocenters. The lowest BCUT2D eigenvalue weighted by molar-refractivity contribution is -0.0136. The number of hydrogen-bond acceptors (Lipinski definition) is 5. The van der Waals surface area contributed by atoms with Gasteiger partial charge in [-0.2, -0.15) is 0 Å². The van der Waals surface area contributed by atoms with E-state index in [2.05, 4.69) is 27.6 Å². The van der Waals surface area contributed by atoms with Gasteiger partial charge in [-0.25, -0.2) is 8.42 Å². The van der Waals surface area contributed by atoms with Crippen LogP contribution in [-0.4, -0.2) is 82.8 Å². The largest absolute Gasteiger partial charge is 0.374 e. The fourth-order valence-corrected chi connectivity index (χ4v) is 4.27. The zero-order valence-corrected chi connectivity index (χ0v) is 13.7. The number of ether oxygens (including phenoxy) is 1. The van der Waals surface area contributed by atoms with Crippen molar-refractivity contribution >= 4 is 15.8 Å². The maximum absolute atomic E-state index is 11.5. The molecular formula is C13H26N4O3S. The maximum atomic E-state index is 11.5. The number of rotatable bonds is 4. The summed E-state index contributed by atoms with van der Waals surface area (Å²) in [7, 11) is -0.800. The van der Waals surface area contributed by atoms with Gasteiger partial charge in [0.1, 0.15) is 0 Å². The van der Waals surface area contributed by atoms with Crippen molar-refractivity contribution in [3.8, 4) is 0 Å². The second kappa shape index (κ2) is 7.42. The lowest BCUT2D eigenvalue weighted by Crippen LogP contribution is -2.45. The number of aliphatic imine (C=N–C) groups is 1. The first-order chi connectivity index (χ1) is 9.98. The van der Waals surface area contributed by atoms with Crippen molar-refractivity contribution in [2.24, 2.45) is 4.99 Å². The van der Waals surface area contributed by atoms with Crippen LogP contribution in [0.4, 0.5) is 0 Å². The standard InChI is InChI=1S/C13H26N4O3S/c1-3-14-13(16-11-4-7-21(18,19)10-11)15-8-12-9-17(2)5-6-20-12/h11-12H,3-10H2,1-2H3,(H2,14,15,16). The fourth-order valence-electron chi connectivity index (χ4n) is 2.59. The zero-order valence-electron chi connectivity index (χ0n) is 12.8. The molecule has 8 heteroatoms. The maximum Gasteiger partial charge on any atom is 0.191 e. The van der Waals surface area contributed by atoms with Crippen molar-refractivity contribution in [2.45, 2.75) is 25.5 Å². The Kier molecular flexibility index (Phi) is 5.83. The van der Waals surface area contributed by atoms with Crippen LogP contribution < -0.4 is 10.6 Å². The topological polar surface area (TPSA) is 83.0 Å². The molecule has 2 N–H and O–H groups in total. The van der Waals surface area contributed by atoms with Crippen molar-refractivity contribution in [1.82, 2.24) is 15.5 Å². The highest BCUT2D eigenvalue weighted by Gasteiger charge is 2.28. The Morgan fingerprint density at radius 2 is 2.29 bits per heavy atom. The third-order valence-electron chi connectivity index (χ3n) is 3.71. The van der Waals surface area contributed by atoms with Gasteiger partial charge in [0.15, 0.2) is 15.8 Å². The van der Waals surface area contributed by atoms with E-state index in [1.54, 1.807) is 0 Å². The minimum absolute atomic E-state index is 0.0391. The van der Waals surface area contributed by atoms with E-state index in [0.717, 1.165) is 26.2 Å². The molecule has 0 saturated carbocycles. The highest BCUT2D eigenvalue weighted by Crippen LogP contribution is 2.11. The Balaban J connectivity index is 1.87. The molecule has 0 bridgehead atoms. The summed E-state index contributed by atoms with van der Waals surface area (Å²) in [6.07, 6.45) is 0.751. The van der Waals surface area contributed by atoms with Gasteiger partial charge in [-0.15, -0.1) is 0 Å². The SMILES string of the molecule is CCNC(=NCC1CN(C)CCO1)NC1CCS(=O)(=O)C1. The van der Waals surface area contributed by atoms with Gasteiger partial charge < -0.3 is 20.3 Å². The predicted molar refractivity (Wildman–Crippen MR) is 83.4 cm³/mol. The molecule has 21 heavy (non-hydrogen) atoms. The molecule has 0 aromatic heterocycles. The molecule has 0 aliphatic carbocycles. The molecule has 0 amide bonds. The Hall–Kier alpha value is -0.860. The van der Waals surface area contributed by atoms with Gasteiger partial charge in [0.25, 0.3) is 0 Å². The summed E-state index contributed by atoms with van der Waals surface area (Å²) in [6.45, 7) is 5.89. The number of likely N-dealkylation sites (N-methyl/N-ethyl adjacent to an activating group) is 1. The van der Waals surface area contributed by atoms with Gasteiger partial charge in [0.2, 0.25) is 0 Å². The lowest BCUT2D eigenvalue weighted by Gasteiger charge is -2.29. The monoisotopic (exact) mass is 318 g/mol. The summed E-state index contributed by atoms with van der Waals surface area (Å²) in [4.78, 5) is 6.76. The molecule has 2 heterocycles. The van der Waals surface area contributed by atoms with Crippen LogP contribution in [0.25, 0.3) is 0 Å². The first-order valence-electron chi connectivity index (χ1n) is 7.54. The molecule has 2 saturated heterocycles. The lowest BCUT2D eigenvalue weighted by atomic mass is 10.2. The summed E-state index contributed by atoms with van der Waals surface area (Å²) in [5.41, 5.74) is 0. The number of guanidine groups is 1. The average molecular weight is 318 g/mol. The first kappa shape index (κ1) is 16.5. The van der Waals surface area contributed by atoms with Crippen LogP contribution in [0.1, 0.15) is 13.3 Å². The first-order valence-corrected chi connectivity index (χ1v) is 9.36. The van der Waals surface area contributed by atoms with Crippen molar-refractivity contribution in [3.63, 3.8) is 0 Å². The molecule has 0 aromatic rings. The minimum Gasteiger partial charge on any atom is -0.374 e. The van der Waals surface area contributed by atoms with Crippen molar-refractivity contribution in [3.05, 3.63) is 0 Å². The third-order valence-corrected chi connectivity index (χ3v) is 5.48. The molecule has 2 fully saturated rings. The van der Waals surface area contributed by atoms with E-state index in [1.165, 1.54) is 0 Å². The summed E-state index contributed by atoms with van der Waals surface area (Å²) in [6, 6.07) is -0.0391. The van der Waals surface area contributed by atoms with Crippen LogP contribution in [0.5, 0.6) is 0 Å². The minimum atomic E-state index is -2.88. The quantitative estimate of drug-likeness (QED) is 0.514. The second-order valence-corrected chi connectivity index (χ2v) is 7.95. The number of nitrogens with one attached hydrogen (secondary N) is 2. The van der Waals surface area contributed by atoms with E-state index < -0.39 is 9.84 Å². The molecule has 2 aliphatic rings. The molecular weight excluding hydrogens is 292 g/mol. The molecule has 0 radical (unpaired) electrons. The number of sulfone groups is 1. The summed E-state index contributed by atoms with van der Waals surface area (Å²) in [5.74, 6) is 1.14. The van der Waals surface area contributed by atoms with Crippen LogP contribution >= 0.6 is 0 Å². The van der Waals surface area contributed by atoms with Gasteiger partial charge >= 0.3 is 0 Å². The highest BCUT2D eigenvalue weighted by atomic mass is 32.2. The molecule has 2 rings (SSSR count). The van der Waals surface area contributed by atoms with Gasteiger partial charge in [-0.3, -0.25) is 4.99 Å². The van der Waals surface area contributed by atoms with Gasteiger partial charge in [0, 0.05) is 25.7 Å². The highest BCUT2D eigenvalue weighted by molar-refractivity contribution is 7.91. The van der Waals surface area contributed by atoms with E-state index in [0.29, 0.717) is 18.9 Å². The van der Waals surface area contributed by atoms with Crippen LogP contribution in [0, 0.1) is 0 Å². The summed E-state index contributed by atoms with van der Waals surface area (Å²) in [5, 5.41) is 6.38. The van der Waals surface area contributed by atoms with E-state index >= 15 is 0 Å². The Morgan fingerprint density at radius 1 is 1.48 bits per heavy atom. The molecule has 7 nitrogen and oxygen atoms in total. The third kappa shape index (κ3) is 5.44. The molecule has 0 aromatic carbocycles. The Labute approximate surface area is 127 Å². The number of morpholine rings is 1. The molecule has 122 valence electrons. The zero-order chi connectivity index (χ0) is 15.3. The smallest absolute Gasteiger partial charge is 0.191 e. The van der Waals surface area contributed by atoms with E-state index in [9.17, 15) is 8.42 Å². The normalized spacial score (nSPS) is 30.3. The number of nitrogens with zero attached hydrogens (tertiary/aromatic N) is 2. The second-order valence-electron chi connectivity index (χ2n) is 5.72. The molecule has 0 spiro atoms. The van der Waals surface area contributed by atoms with Crippen LogP contribution in [0.2, 0.25) is 0 Å². The van der Waals surface area contributed by atoms with E-state index in [1.807, 2.05) is 6.92 Å². The van der Waals surface area contributed by atoms with Crippen LogP contribution in [0.15, 0.2) is 4.99 Å². The van der Waals surface area contributed by atoms with Crippen molar-refractivity contribution in [2.75, 3.05) is 51.3 Å². The van der Waals surface area contributed by atoms with Crippen molar-refractivity contribution in [1.29, 1.82) is 0 Å². The fraction of sp³-hybridized carbons (Fsp3) is 0.923.